The largest absolute Gasteiger partial charge is 0.303 e. The predicted molar refractivity (Wildman–Crippen MR) is 110 cm³/mol. The summed E-state index contributed by atoms with van der Waals surface area (Å²) in [6.45, 7) is 3.87. The van der Waals surface area contributed by atoms with Crippen LogP contribution in [-0.4, -0.2) is 29.2 Å². The maximum Gasteiger partial charge on any atom is 0.197 e. The number of aryl methyl sites for hydroxylation is 1. The second kappa shape index (κ2) is 12.6. The average Bonchev–Trinajstić information content (AvgIpc) is 2.63. The summed E-state index contributed by atoms with van der Waals surface area (Å²) in [5.41, 5.74) is 1.49. The first-order chi connectivity index (χ1) is 12.2. The molecule has 0 saturated carbocycles. The van der Waals surface area contributed by atoms with E-state index in [1.54, 1.807) is 0 Å². The van der Waals surface area contributed by atoms with Crippen LogP contribution in [0.2, 0.25) is 0 Å². The lowest BCUT2D eigenvalue weighted by molar-refractivity contribution is -0.110. The molecule has 0 aliphatic carbocycles. The Morgan fingerprint density at radius 1 is 0.960 bits per heavy atom. The summed E-state index contributed by atoms with van der Waals surface area (Å²) in [4.78, 5) is 13.5. The molecule has 0 aromatic heterocycles. The Balaban J connectivity index is 1.44. The topological polar surface area (TPSA) is 20.3 Å². The summed E-state index contributed by atoms with van der Waals surface area (Å²) in [6.07, 6.45) is 13.6. The van der Waals surface area contributed by atoms with Gasteiger partial charge in [-0.1, -0.05) is 56.0 Å². The maximum absolute atomic E-state index is 10.8. The van der Waals surface area contributed by atoms with Crippen molar-refractivity contribution in [2.24, 2.45) is 5.92 Å². The van der Waals surface area contributed by atoms with E-state index in [4.69, 9.17) is 0 Å². The molecule has 1 aromatic rings. The molecule has 0 radical (unpaired) electrons. The molecular formula is C22H34BrNO. The van der Waals surface area contributed by atoms with Crippen LogP contribution in [0, 0.1) is 5.92 Å². The average molecular weight is 408 g/mol. The predicted octanol–water partition coefficient (Wildman–Crippen LogP) is 5.98. The number of nitrogens with zero attached hydrogens (tertiary/aromatic N) is 1. The summed E-state index contributed by atoms with van der Waals surface area (Å²) in [5.74, 6) is 0.946. The van der Waals surface area contributed by atoms with Crippen LogP contribution < -0.4 is 0 Å². The monoisotopic (exact) mass is 407 g/mol. The summed E-state index contributed by atoms with van der Waals surface area (Å²) in [7, 11) is 0. The van der Waals surface area contributed by atoms with Gasteiger partial charge in [0.05, 0.1) is 0 Å². The van der Waals surface area contributed by atoms with Crippen molar-refractivity contribution in [3.63, 3.8) is 0 Å². The zero-order valence-corrected chi connectivity index (χ0v) is 17.2. The molecule has 1 saturated heterocycles. The van der Waals surface area contributed by atoms with Crippen molar-refractivity contribution < 1.29 is 4.79 Å². The number of unbranched alkanes of at least 4 members (excludes halogenated alkanes) is 4. The first-order valence-electron chi connectivity index (χ1n) is 10.2. The van der Waals surface area contributed by atoms with Gasteiger partial charge in [-0.15, -0.1) is 0 Å². The van der Waals surface area contributed by atoms with Crippen LogP contribution in [0.3, 0.4) is 0 Å². The van der Waals surface area contributed by atoms with Gasteiger partial charge in [0, 0.05) is 6.42 Å². The minimum atomic E-state index is 0.152. The van der Waals surface area contributed by atoms with Crippen LogP contribution in [0.5, 0.6) is 0 Å². The zero-order chi connectivity index (χ0) is 17.7. The fourth-order valence-electron chi connectivity index (χ4n) is 3.87. The van der Waals surface area contributed by atoms with E-state index in [1.807, 2.05) is 0 Å². The molecular weight excluding hydrogens is 374 g/mol. The number of carbonyl (C=O) groups excluding carboxylic acids is 1. The number of benzene rings is 1. The molecule has 1 aliphatic rings. The SMILES string of the molecule is O=C(Br)CCCCCCCN1CCC(CCCc2ccccc2)CC1. The molecule has 2 rings (SSSR count). The van der Waals surface area contributed by atoms with Crippen molar-refractivity contribution in [3.8, 4) is 0 Å². The van der Waals surface area contributed by atoms with Crippen LogP contribution in [0.4, 0.5) is 0 Å². The summed E-state index contributed by atoms with van der Waals surface area (Å²) < 4.78 is 0.152. The van der Waals surface area contributed by atoms with Gasteiger partial charge in [-0.3, -0.25) is 4.79 Å². The van der Waals surface area contributed by atoms with Crippen LogP contribution in [0.15, 0.2) is 30.3 Å². The van der Waals surface area contributed by atoms with Gasteiger partial charge in [0.25, 0.3) is 0 Å². The van der Waals surface area contributed by atoms with Crippen molar-refractivity contribution in [1.29, 1.82) is 0 Å². The Bertz CT molecular complexity index is 468. The Hall–Kier alpha value is -0.670. The fraction of sp³-hybridized carbons (Fsp3) is 0.682. The fourth-order valence-corrected chi connectivity index (χ4v) is 4.15. The Kier molecular flexibility index (Phi) is 10.4. The highest BCUT2D eigenvalue weighted by molar-refractivity contribution is 9.18. The molecule has 1 aliphatic heterocycles. The van der Waals surface area contributed by atoms with Crippen LogP contribution in [-0.2, 0) is 11.2 Å². The zero-order valence-electron chi connectivity index (χ0n) is 15.6. The number of piperidine rings is 1. The number of likely N-dealkylation sites (tertiary alicyclic amines) is 1. The molecule has 25 heavy (non-hydrogen) atoms. The molecule has 140 valence electrons. The molecule has 2 nitrogen and oxygen atoms in total. The third-order valence-corrected chi connectivity index (χ3v) is 5.87. The molecule has 1 fully saturated rings. The van der Waals surface area contributed by atoms with Crippen molar-refractivity contribution >= 4 is 20.6 Å². The highest BCUT2D eigenvalue weighted by atomic mass is 79.9. The van der Waals surface area contributed by atoms with Gasteiger partial charge >= 0.3 is 0 Å². The third kappa shape index (κ3) is 9.55. The minimum absolute atomic E-state index is 0.152. The number of carbonyl (C=O) groups is 1. The summed E-state index contributed by atoms with van der Waals surface area (Å²) >= 11 is 3.00. The van der Waals surface area contributed by atoms with Crippen LogP contribution in [0.25, 0.3) is 0 Å². The molecule has 0 unspecified atom stereocenters. The molecule has 1 heterocycles. The van der Waals surface area contributed by atoms with E-state index in [-0.39, 0.29) is 4.69 Å². The minimum Gasteiger partial charge on any atom is -0.303 e. The van der Waals surface area contributed by atoms with Crippen molar-refractivity contribution in [2.45, 2.75) is 70.6 Å². The lowest BCUT2D eigenvalue weighted by atomic mass is 9.90. The Labute approximate surface area is 162 Å². The highest BCUT2D eigenvalue weighted by Crippen LogP contribution is 2.23. The van der Waals surface area contributed by atoms with Crippen LogP contribution >= 0.6 is 15.9 Å². The molecule has 0 N–H and O–H groups in total. The van der Waals surface area contributed by atoms with Gasteiger partial charge in [-0.05, 0) is 85.6 Å². The number of hydrogen-bond acceptors (Lipinski definition) is 2. The highest BCUT2D eigenvalue weighted by Gasteiger charge is 2.18. The molecule has 0 spiro atoms. The van der Waals surface area contributed by atoms with Crippen LogP contribution in [0.1, 0.15) is 69.8 Å². The molecule has 0 amide bonds. The first kappa shape index (κ1) is 20.6. The van der Waals surface area contributed by atoms with E-state index in [9.17, 15) is 4.79 Å². The van der Waals surface area contributed by atoms with Crippen molar-refractivity contribution in [2.75, 3.05) is 19.6 Å². The van der Waals surface area contributed by atoms with Gasteiger partial charge < -0.3 is 4.90 Å². The van der Waals surface area contributed by atoms with Gasteiger partial charge in [-0.25, -0.2) is 0 Å². The Morgan fingerprint density at radius 3 is 2.36 bits per heavy atom. The second-order valence-corrected chi connectivity index (χ2v) is 8.42. The summed E-state index contributed by atoms with van der Waals surface area (Å²) in [6, 6.07) is 10.9. The lowest BCUT2D eigenvalue weighted by Crippen LogP contribution is -2.34. The Morgan fingerprint density at radius 2 is 1.64 bits per heavy atom. The van der Waals surface area contributed by atoms with E-state index in [0.29, 0.717) is 6.42 Å². The van der Waals surface area contributed by atoms with Crippen molar-refractivity contribution in [1.82, 2.24) is 4.90 Å². The quantitative estimate of drug-likeness (QED) is 0.313. The lowest BCUT2D eigenvalue weighted by Gasteiger charge is -2.32. The van der Waals surface area contributed by atoms with E-state index in [0.717, 1.165) is 12.3 Å². The van der Waals surface area contributed by atoms with Crippen molar-refractivity contribution in [3.05, 3.63) is 35.9 Å². The number of halogens is 1. The summed E-state index contributed by atoms with van der Waals surface area (Å²) in [5, 5.41) is 0. The molecule has 0 atom stereocenters. The smallest absolute Gasteiger partial charge is 0.197 e. The first-order valence-corrected chi connectivity index (χ1v) is 11.0. The third-order valence-electron chi connectivity index (χ3n) is 5.48. The molecule has 0 bridgehead atoms. The van der Waals surface area contributed by atoms with Gasteiger partial charge in [0.2, 0.25) is 0 Å². The maximum atomic E-state index is 10.8. The second-order valence-electron chi connectivity index (χ2n) is 7.54. The normalized spacial score (nSPS) is 16.2. The van der Waals surface area contributed by atoms with Gasteiger partial charge in [-0.2, -0.15) is 0 Å². The van der Waals surface area contributed by atoms with Gasteiger partial charge in [0.1, 0.15) is 0 Å². The number of hydrogen-bond donors (Lipinski definition) is 0. The molecule has 3 heteroatoms. The van der Waals surface area contributed by atoms with Gasteiger partial charge in [0.15, 0.2) is 4.69 Å². The van der Waals surface area contributed by atoms with E-state index < -0.39 is 0 Å². The van der Waals surface area contributed by atoms with E-state index in [2.05, 4.69) is 51.2 Å². The van der Waals surface area contributed by atoms with E-state index in [1.165, 1.54) is 83.0 Å². The van der Waals surface area contributed by atoms with E-state index >= 15 is 0 Å². The standard InChI is InChI=1S/C22H34BrNO/c23-22(25)14-7-2-1-3-8-17-24-18-15-21(16-19-24)13-9-12-20-10-5-4-6-11-20/h4-6,10-11,21H,1-3,7-9,12-19H2. The number of rotatable bonds is 12. The molecule has 1 aromatic carbocycles.